The number of rotatable bonds is 8. The highest BCUT2D eigenvalue weighted by Gasteiger charge is 2.37. The molecular formula is C26H27ClN2O6S. The Kier molecular flexibility index (Phi) is 8.56. The van der Waals surface area contributed by atoms with Crippen LogP contribution in [0, 0.1) is 6.92 Å². The van der Waals surface area contributed by atoms with E-state index in [1.54, 1.807) is 23.1 Å². The molecule has 0 bridgehead atoms. The zero-order valence-corrected chi connectivity index (χ0v) is 21.7. The fourth-order valence-corrected chi connectivity index (χ4v) is 4.94. The van der Waals surface area contributed by atoms with Crippen LogP contribution in [-0.4, -0.2) is 66.3 Å². The maximum absolute atomic E-state index is 12.9. The number of benzene rings is 2. The second-order valence-corrected chi connectivity index (χ2v) is 9.64. The fourth-order valence-electron chi connectivity index (χ4n) is 3.83. The zero-order chi connectivity index (χ0) is 25.7. The lowest BCUT2D eigenvalue weighted by Crippen LogP contribution is -2.46. The van der Waals surface area contributed by atoms with E-state index in [4.69, 9.17) is 25.8 Å². The summed E-state index contributed by atoms with van der Waals surface area (Å²) in [6.07, 6.45) is 1.57. The van der Waals surface area contributed by atoms with Gasteiger partial charge in [-0.25, -0.2) is 0 Å². The number of nitrogens with zero attached hydrogens (tertiary/aromatic N) is 2. The Balaban J connectivity index is 1.51. The number of morpholine rings is 1. The molecule has 0 saturated carbocycles. The molecule has 2 saturated heterocycles. The molecule has 2 aliphatic heterocycles. The van der Waals surface area contributed by atoms with Crippen LogP contribution in [0.5, 0.6) is 11.5 Å². The average Bonchev–Trinajstić information content (AvgIpc) is 3.12. The first-order valence-corrected chi connectivity index (χ1v) is 12.8. The molecule has 4 rings (SSSR count). The molecule has 0 spiro atoms. The van der Waals surface area contributed by atoms with Gasteiger partial charge >= 0.3 is 0 Å². The van der Waals surface area contributed by atoms with E-state index < -0.39 is 11.1 Å². The van der Waals surface area contributed by atoms with E-state index in [-0.39, 0.29) is 17.4 Å². The van der Waals surface area contributed by atoms with Crippen LogP contribution in [-0.2, 0) is 20.9 Å². The van der Waals surface area contributed by atoms with Crippen LogP contribution in [0.3, 0.4) is 0 Å². The highest BCUT2D eigenvalue weighted by Crippen LogP contribution is 2.39. The minimum atomic E-state index is -0.513. The van der Waals surface area contributed by atoms with Gasteiger partial charge in [0.2, 0.25) is 5.91 Å². The third kappa shape index (κ3) is 6.03. The number of halogens is 1. The topological polar surface area (TPSA) is 85.4 Å². The highest BCUT2D eigenvalue weighted by molar-refractivity contribution is 8.18. The van der Waals surface area contributed by atoms with Gasteiger partial charge in [0.05, 0.1) is 29.7 Å². The number of hydrogen-bond donors (Lipinski definition) is 0. The molecule has 0 aromatic heterocycles. The summed E-state index contributed by atoms with van der Waals surface area (Å²) in [5.74, 6) is 0.0499. The molecule has 190 valence electrons. The van der Waals surface area contributed by atoms with Crippen molar-refractivity contribution in [1.82, 2.24) is 9.80 Å². The first-order valence-electron chi connectivity index (χ1n) is 11.6. The van der Waals surface area contributed by atoms with Gasteiger partial charge in [-0.1, -0.05) is 35.9 Å². The van der Waals surface area contributed by atoms with Gasteiger partial charge in [-0.15, -0.1) is 0 Å². The standard InChI is InChI=1S/C26H27ClN2O6S/c1-3-34-21-13-18(12-20(27)24(21)35-16-19-7-5-4-6-17(19)2)14-22-25(31)29(26(32)36-22)15-23(30)28-8-10-33-11-9-28/h4-7,12-14H,3,8-11,15-16H2,1-2H3/b22-14-. The molecule has 0 aliphatic carbocycles. The maximum Gasteiger partial charge on any atom is 0.294 e. The highest BCUT2D eigenvalue weighted by atomic mass is 35.5. The monoisotopic (exact) mass is 530 g/mol. The number of ether oxygens (including phenoxy) is 3. The SMILES string of the molecule is CCOc1cc(/C=C2\SC(=O)N(CC(=O)N3CCOCC3)C2=O)cc(Cl)c1OCc1ccccc1C. The number of imide groups is 1. The summed E-state index contributed by atoms with van der Waals surface area (Å²) in [5, 5.41) is -0.162. The van der Waals surface area contributed by atoms with E-state index in [0.29, 0.717) is 61.6 Å². The van der Waals surface area contributed by atoms with Crippen LogP contribution in [0.1, 0.15) is 23.6 Å². The Morgan fingerprint density at radius 3 is 2.64 bits per heavy atom. The molecule has 0 N–H and O–H groups in total. The minimum Gasteiger partial charge on any atom is -0.490 e. The summed E-state index contributed by atoms with van der Waals surface area (Å²) < 4.78 is 17.0. The van der Waals surface area contributed by atoms with Crippen molar-refractivity contribution in [3.8, 4) is 11.5 Å². The predicted molar refractivity (Wildman–Crippen MR) is 138 cm³/mol. The molecule has 0 radical (unpaired) electrons. The molecule has 3 amide bonds. The molecule has 2 heterocycles. The van der Waals surface area contributed by atoms with Gasteiger partial charge in [0, 0.05) is 13.1 Å². The van der Waals surface area contributed by atoms with E-state index in [0.717, 1.165) is 27.8 Å². The van der Waals surface area contributed by atoms with E-state index in [1.807, 2.05) is 38.1 Å². The van der Waals surface area contributed by atoms with Gasteiger partial charge in [-0.3, -0.25) is 19.3 Å². The molecule has 8 nitrogen and oxygen atoms in total. The van der Waals surface area contributed by atoms with Gasteiger partial charge < -0.3 is 19.1 Å². The molecular weight excluding hydrogens is 504 g/mol. The van der Waals surface area contributed by atoms with Gasteiger partial charge in [0.25, 0.3) is 11.1 Å². The van der Waals surface area contributed by atoms with Crippen molar-refractivity contribution < 1.29 is 28.6 Å². The fraction of sp³-hybridized carbons (Fsp3) is 0.346. The van der Waals surface area contributed by atoms with Crippen molar-refractivity contribution in [1.29, 1.82) is 0 Å². The van der Waals surface area contributed by atoms with Crippen molar-refractivity contribution >= 4 is 46.5 Å². The Bertz CT molecular complexity index is 1190. The summed E-state index contributed by atoms with van der Waals surface area (Å²) in [6, 6.07) is 11.3. The number of aryl methyl sites for hydroxylation is 1. The van der Waals surface area contributed by atoms with Crippen LogP contribution in [0.2, 0.25) is 5.02 Å². The number of carbonyl (C=O) groups is 3. The minimum absolute atomic E-state index is 0.210. The molecule has 0 atom stereocenters. The number of thioether (sulfide) groups is 1. The number of amides is 3. The lowest BCUT2D eigenvalue weighted by atomic mass is 10.1. The lowest BCUT2D eigenvalue weighted by molar-refractivity contribution is -0.139. The van der Waals surface area contributed by atoms with Crippen LogP contribution in [0.4, 0.5) is 4.79 Å². The Morgan fingerprint density at radius 1 is 1.17 bits per heavy atom. The predicted octanol–water partition coefficient (Wildman–Crippen LogP) is 4.52. The number of hydrogen-bond acceptors (Lipinski definition) is 7. The van der Waals surface area contributed by atoms with E-state index in [1.165, 1.54) is 0 Å². The normalized spacial score (nSPS) is 17.1. The quantitative estimate of drug-likeness (QED) is 0.464. The van der Waals surface area contributed by atoms with Gasteiger partial charge in [0.1, 0.15) is 13.2 Å². The smallest absolute Gasteiger partial charge is 0.294 e. The summed E-state index contributed by atoms with van der Waals surface area (Å²) in [4.78, 5) is 40.7. The molecule has 2 aliphatic rings. The van der Waals surface area contributed by atoms with Crippen molar-refractivity contribution in [2.24, 2.45) is 0 Å². The summed E-state index contributed by atoms with van der Waals surface area (Å²) in [5.41, 5.74) is 2.71. The maximum atomic E-state index is 12.9. The van der Waals surface area contributed by atoms with Crippen LogP contribution < -0.4 is 9.47 Å². The molecule has 2 fully saturated rings. The van der Waals surface area contributed by atoms with Crippen molar-refractivity contribution in [3.63, 3.8) is 0 Å². The van der Waals surface area contributed by atoms with Crippen molar-refractivity contribution in [2.45, 2.75) is 20.5 Å². The zero-order valence-electron chi connectivity index (χ0n) is 20.1. The number of carbonyl (C=O) groups excluding carboxylic acids is 3. The largest absolute Gasteiger partial charge is 0.490 e. The van der Waals surface area contributed by atoms with Crippen LogP contribution in [0.25, 0.3) is 6.08 Å². The van der Waals surface area contributed by atoms with Gasteiger partial charge in [-0.05, 0) is 60.5 Å². The summed E-state index contributed by atoms with van der Waals surface area (Å²) in [6.45, 7) is 6.06. The molecule has 36 heavy (non-hydrogen) atoms. The van der Waals surface area contributed by atoms with Gasteiger partial charge in [0.15, 0.2) is 11.5 Å². The van der Waals surface area contributed by atoms with Crippen LogP contribution in [0.15, 0.2) is 41.3 Å². The average molecular weight is 531 g/mol. The summed E-state index contributed by atoms with van der Waals surface area (Å²) >= 11 is 7.34. The second kappa shape index (κ2) is 11.8. The Labute approximate surface area is 219 Å². The van der Waals surface area contributed by atoms with Crippen molar-refractivity contribution in [3.05, 3.63) is 63.0 Å². The van der Waals surface area contributed by atoms with Gasteiger partial charge in [-0.2, -0.15) is 0 Å². The summed E-state index contributed by atoms with van der Waals surface area (Å²) in [7, 11) is 0. The lowest BCUT2D eigenvalue weighted by Gasteiger charge is -2.28. The van der Waals surface area contributed by atoms with E-state index >= 15 is 0 Å². The molecule has 2 aromatic rings. The van der Waals surface area contributed by atoms with Crippen LogP contribution >= 0.6 is 23.4 Å². The van der Waals surface area contributed by atoms with E-state index in [9.17, 15) is 14.4 Å². The first kappa shape index (κ1) is 26.1. The van der Waals surface area contributed by atoms with Crippen molar-refractivity contribution in [2.75, 3.05) is 39.5 Å². The Morgan fingerprint density at radius 2 is 1.92 bits per heavy atom. The molecule has 10 heteroatoms. The second-order valence-electron chi connectivity index (χ2n) is 8.24. The van der Waals surface area contributed by atoms with E-state index in [2.05, 4.69) is 0 Å². The molecule has 2 aromatic carbocycles. The third-order valence-electron chi connectivity index (χ3n) is 5.79. The first-order chi connectivity index (χ1) is 17.4. The Hall–Kier alpha value is -3.01. The molecule has 0 unspecified atom stereocenters. The third-order valence-corrected chi connectivity index (χ3v) is 6.98.